The third kappa shape index (κ3) is 2.47. The van der Waals surface area contributed by atoms with Gasteiger partial charge >= 0.3 is 0 Å². The fourth-order valence-electron chi connectivity index (χ4n) is 2.11. The summed E-state index contributed by atoms with van der Waals surface area (Å²) < 4.78 is 11.0. The Morgan fingerprint density at radius 3 is 2.29 bits per heavy atom. The van der Waals surface area contributed by atoms with Gasteiger partial charge in [0, 0.05) is 6.61 Å². The van der Waals surface area contributed by atoms with Gasteiger partial charge in [0.2, 0.25) is 5.90 Å². The van der Waals surface area contributed by atoms with Gasteiger partial charge in [-0.15, -0.1) is 0 Å². The first-order valence-electron chi connectivity index (χ1n) is 5.61. The lowest BCUT2D eigenvalue weighted by Crippen LogP contribution is -2.44. The molecule has 0 spiro atoms. The largest absolute Gasteiger partial charge is 0.479 e. The van der Waals surface area contributed by atoms with Gasteiger partial charge in [-0.05, 0) is 26.7 Å². The van der Waals surface area contributed by atoms with E-state index in [4.69, 9.17) is 14.9 Å². The van der Waals surface area contributed by atoms with Crippen molar-refractivity contribution in [2.75, 3.05) is 13.2 Å². The number of rotatable bonds is 4. The van der Waals surface area contributed by atoms with E-state index >= 15 is 0 Å². The highest BCUT2D eigenvalue weighted by Gasteiger charge is 2.38. The Balaban J connectivity index is 2.63. The molecule has 0 radical (unpaired) electrons. The monoisotopic (exact) mass is 199 g/mol. The van der Waals surface area contributed by atoms with Crippen LogP contribution in [0.5, 0.6) is 0 Å². The Morgan fingerprint density at radius 1 is 1.14 bits per heavy atom. The Hall–Kier alpha value is -0.570. The molecule has 1 fully saturated rings. The van der Waals surface area contributed by atoms with Crippen LogP contribution in [0, 0.1) is 5.41 Å². The molecule has 1 N–H and O–H groups in total. The van der Waals surface area contributed by atoms with Crippen molar-refractivity contribution < 1.29 is 9.47 Å². The first kappa shape index (κ1) is 11.5. The summed E-state index contributed by atoms with van der Waals surface area (Å²) in [5, 5.41) is 7.89. The van der Waals surface area contributed by atoms with Crippen molar-refractivity contribution in [2.24, 2.45) is 0 Å². The maximum atomic E-state index is 7.89. The van der Waals surface area contributed by atoms with E-state index in [0.717, 1.165) is 25.7 Å². The summed E-state index contributed by atoms with van der Waals surface area (Å²) in [6, 6.07) is 0. The topological polar surface area (TPSA) is 42.3 Å². The van der Waals surface area contributed by atoms with Crippen molar-refractivity contribution in [1.82, 2.24) is 0 Å². The van der Waals surface area contributed by atoms with Crippen LogP contribution in [-0.2, 0) is 9.47 Å². The Labute approximate surface area is 86.3 Å². The molecular formula is C11H21NO2. The minimum atomic E-state index is -0.400. The highest BCUT2D eigenvalue weighted by atomic mass is 16.5. The van der Waals surface area contributed by atoms with Crippen LogP contribution < -0.4 is 0 Å². The molecule has 0 aliphatic heterocycles. The molecule has 0 saturated heterocycles. The van der Waals surface area contributed by atoms with Crippen molar-refractivity contribution in [3.8, 4) is 0 Å². The van der Waals surface area contributed by atoms with Gasteiger partial charge in [-0.3, -0.25) is 5.41 Å². The van der Waals surface area contributed by atoms with E-state index in [0.29, 0.717) is 19.1 Å². The van der Waals surface area contributed by atoms with Gasteiger partial charge in [-0.25, -0.2) is 0 Å². The van der Waals surface area contributed by atoms with Crippen LogP contribution in [0.25, 0.3) is 0 Å². The van der Waals surface area contributed by atoms with Crippen molar-refractivity contribution in [3.63, 3.8) is 0 Å². The summed E-state index contributed by atoms with van der Waals surface area (Å²) >= 11 is 0. The second-order valence-corrected chi connectivity index (χ2v) is 3.75. The van der Waals surface area contributed by atoms with Gasteiger partial charge in [-0.1, -0.05) is 19.3 Å². The predicted molar refractivity (Wildman–Crippen MR) is 56.8 cm³/mol. The second-order valence-electron chi connectivity index (χ2n) is 3.75. The average molecular weight is 199 g/mol. The van der Waals surface area contributed by atoms with Crippen molar-refractivity contribution in [2.45, 2.75) is 51.6 Å². The Morgan fingerprint density at radius 2 is 1.79 bits per heavy atom. The van der Waals surface area contributed by atoms with Crippen LogP contribution in [0.15, 0.2) is 0 Å². The highest BCUT2D eigenvalue weighted by molar-refractivity contribution is 5.82. The molecule has 0 amide bonds. The summed E-state index contributed by atoms with van der Waals surface area (Å²) in [5.74, 6) is 0.335. The molecule has 0 heterocycles. The molecule has 3 heteroatoms. The Kier molecular flexibility index (Phi) is 4.39. The molecule has 0 aromatic carbocycles. The van der Waals surface area contributed by atoms with Gasteiger partial charge in [0.05, 0.1) is 6.61 Å². The van der Waals surface area contributed by atoms with Crippen LogP contribution in [0.4, 0.5) is 0 Å². The van der Waals surface area contributed by atoms with Crippen LogP contribution in [0.3, 0.4) is 0 Å². The van der Waals surface area contributed by atoms with E-state index in [-0.39, 0.29) is 0 Å². The zero-order valence-electron chi connectivity index (χ0n) is 9.27. The summed E-state index contributed by atoms with van der Waals surface area (Å²) in [4.78, 5) is 0. The van der Waals surface area contributed by atoms with Crippen molar-refractivity contribution in [3.05, 3.63) is 0 Å². The summed E-state index contributed by atoms with van der Waals surface area (Å²) in [6.45, 7) is 5.12. The zero-order chi connectivity index (χ0) is 10.4. The van der Waals surface area contributed by atoms with E-state index in [2.05, 4.69) is 0 Å². The van der Waals surface area contributed by atoms with E-state index < -0.39 is 5.60 Å². The SMILES string of the molecule is CCOC(=N)C1(OCC)CCCCC1. The molecule has 1 aliphatic carbocycles. The molecule has 1 aliphatic rings. The quantitative estimate of drug-likeness (QED) is 0.558. The van der Waals surface area contributed by atoms with E-state index in [9.17, 15) is 0 Å². The number of ether oxygens (including phenoxy) is 2. The molecule has 0 bridgehead atoms. The molecule has 0 aromatic heterocycles. The molecule has 14 heavy (non-hydrogen) atoms. The van der Waals surface area contributed by atoms with Gasteiger partial charge < -0.3 is 9.47 Å². The van der Waals surface area contributed by atoms with Crippen LogP contribution in [0.2, 0.25) is 0 Å². The maximum Gasteiger partial charge on any atom is 0.213 e. The minimum Gasteiger partial charge on any atom is -0.479 e. The van der Waals surface area contributed by atoms with Crippen molar-refractivity contribution in [1.29, 1.82) is 5.41 Å². The van der Waals surface area contributed by atoms with Gasteiger partial charge in [0.1, 0.15) is 5.60 Å². The van der Waals surface area contributed by atoms with Crippen molar-refractivity contribution >= 4 is 5.90 Å². The minimum absolute atomic E-state index is 0.335. The van der Waals surface area contributed by atoms with Gasteiger partial charge in [0.25, 0.3) is 0 Å². The number of nitrogens with one attached hydrogen (secondary N) is 1. The normalized spacial score (nSPS) is 20.4. The number of hydrogen-bond donors (Lipinski definition) is 1. The fraction of sp³-hybridized carbons (Fsp3) is 0.909. The molecule has 0 atom stereocenters. The van der Waals surface area contributed by atoms with Crippen LogP contribution >= 0.6 is 0 Å². The summed E-state index contributed by atoms with van der Waals surface area (Å²) in [6.07, 6.45) is 5.44. The zero-order valence-corrected chi connectivity index (χ0v) is 9.27. The lowest BCUT2D eigenvalue weighted by atomic mass is 9.84. The first-order valence-corrected chi connectivity index (χ1v) is 5.61. The van der Waals surface area contributed by atoms with Gasteiger partial charge in [0.15, 0.2) is 0 Å². The highest BCUT2D eigenvalue weighted by Crippen LogP contribution is 2.32. The predicted octanol–water partition coefficient (Wildman–Crippen LogP) is 2.74. The lowest BCUT2D eigenvalue weighted by Gasteiger charge is -2.36. The van der Waals surface area contributed by atoms with Crippen LogP contribution in [-0.4, -0.2) is 24.7 Å². The Bertz CT molecular complexity index is 180. The molecule has 0 aromatic rings. The fourth-order valence-corrected chi connectivity index (χ4v) is 2.11. The van der Waals surface area contributed by atoms with E-state index in [1.54, 1.807) is 0 Å². The molecule has 82 valence electrons. The van der Waals surface area contributed by atoms with Gasteiger partial charge in [-0.2, -0.15) is 0 Å². The molecule has 0 unspecified atom stereocenters. The smallest absolute Gasteiger partial charge is 0.213 e. The maximum absolute atomic E-state index is 7.89. The summed E-state index contributed by atoms with van der Waals surface area (Å²) in [5.41, 5.74) is -0.400. The third-order valence-electron chi connectivity index (χ3n) is 2.78. The third-order valence-corrected chi connectivity index (χ3v) is 2.78. The van der Waals surface area contributed by atoms with E-state index in [1.807, 2.05) is 13.8 Å². The van der Waals surface area contributed by atoms with E-state index in [1.165, 1.54) is 6.42 Å². The molecule has 1 rings (SSSR count). The number of hydrogen-bond acceptors (Lipinski definition) is 3. The van der Waals surface area contributed by atoms with Crippen LogP contribution in [0.1, 0.15) is 46.0 Å². The molecular weight excluding hydrogens is 178 g/mol. The average Bonchev–Trinajstić information content (AvgIpc) is 2.20. The lowest BCUT2D eigenvalue weighted by molar-refractivity contribution is -0.0283. The summed E-state index contributed by atoms with van der Waals surface area (Å²) in [7, 11) is 0. The molecule has 1 saturated carbocycles. The first-order chi connectivity index (χ1) is 6.75. The molecule has 3 nitrogen and oxygen atoms in total. The standard InChI is InChI=1S/C11H21NO2/c1-3-13-10(12)11(14-4-2)8-6-5-7-9-11/h12H,3-9H2,1-2H3. The second kappa shape index (κ2) is 5.35.